The van der Waals surface area contributed by atoms with Crippen molar-refractivity contribution in [3.8, 4) is 17.0 Å². The fraction of sp³-hybridized carbons (Fsp3) is 0.355. The number of carbonyl (C=O) groups excluding carboxylic acids is 1. The molecule has 3 aromatic rings. The summed E-state index contributed by atoms with van der Waals surface area (Å²) < 4.78 is 49.6. The lowest BCUT2D eigenvalue weighted by Crippen LogP contribution is -2.41. The van der Waals surface area contributed by atoms with Crippen LogP contribution in [0.4, 0.5) is 24.9 Å². The minimum atomic E-state index is -4.86. The molecular formula is C31H32ClF3N6O4. The molecule has 45 heavy (non-hydrogen) atoms. The third-order valence-corrected chi connectivity index (χ3v) is 8.47. The highest BCUT2D eigenvalue weighted by Gasteiger charge is 2.46. The summed E-state index contributed by atoms with van der Waals surface area (Å²) in [5.41, 5.74) is 6.85. The summed E-state index contributed by atoms with van der Waals surface area (Å²) in [5, 5.41) is 15.3. The number of aromatic nitrogens is 2. The van der Waals surface area contributed by atoms with Crippen molar-refractivity contribution >= 4 is 35.2 Å². The monoisotopic (exact) mass is 644 g/mol. The van der Waals surface area contributed by atoms with Crippen molar-refractivity contribution in [2.45, 2.75) is 44.1 Å². The van der Waals surface area contributed by atoms with Crippen LogP contribution in [0.2, 0.25) is 5.02 Å². The SMILES string of the molecule is C=CC(=O)NCc1cccc(-c2cc(Cl)ccc2C(Oc2cc(N3CCC4(CC3)CN[C@H](C(=O)O)C4)nc(N)n2)C(F)(F)F)c1. The van der Waals surface area contributed by atoms with Gasteiger partial charge in [0.05, 0.1) is 0 Å². The van der Waals surface area contributed by atoms with Crippen molar-refractivity contribution < 1.29 is 32.6 Å². The molecule has 2 fully saturated rings. The summed E-state index contributed by atoms with van der Waals surface area (Å²) in [7, 11) is 0. The molecular weight excluding hydrogens is 613 g/mol. The van der Waals surface area contributed by atoms with Gasteiger partial charge < -0.3 is 31.1 Å². The zero-order valence-electron chi connectivity index (χ0n) is 24.1. The molecule has 0 bridgehead atoms. The lowest BCUT2D eigenvalue weighted by molar-refractivity contribution is -0.198. The van der Waals surface area contributed by atoms with Gasteiger partial charge in [-0.15, -0.1) is 0 Å². The van der Waals surface area contributed by atoms with E-state index in [2.05, 4.69) is 27.2 Å². The maximum atomic E-state index is 14.7. The van der Waals surface area contributed by atoms with Crippen molar-refractivity contribution in [2.24, 2.45) is 5.41 Å². The van der Waals surface area contributed by atoms with Crippen LogP contribution in [0.5, 0.6) is 5.88 Å². The average Bonchev–Trinajstić information content (AvgIpc) is 3.42. The molecule has 1 aromatic heterocycles. The van der Waals surface area contributed by atoms with Crippen molar-refractivity contribution in [1.29, 1.82) is 0 Å². The van der Waals surface area contributed by atoms with Gasteiger partial charge >= 0.3 is 12.1 Å². The number of amides is 1. The van der Waals surface area contributed by atoms with Crippen molar-refractivity contribution in [1.82, 2.24) is 20.6 Å². The Bertz CT molecular complexity index is 1600. The summed E-state index contributed by atoms with van der Waals surface area (Å²) in [6.07, 6.45) is -4.29. The van der Waals surface area contributed by atoms with Crippen LogP contribution in [0.15, 0.2) is 61.2 Å². The van der Waals surface area contributed by atoms with Crippen LogP contribution in [0.3, 0.4) is 0 Å². The van der Waals surface area contributed by atoms with Gasteiger partial charge in [-0.25, -0.2) is 0 Å². The third kappa shape index (κ3) is 7.48. The number of hydrogen-bond acceptors (Lipinski definition) is 8. The molecule has 1 spiro atoms. The largest absolute Gasteiger partial charge is 0.480 e. The number of ether oxygens (including phenoxy) is 1. The Hall–Kier alpha value is -4.36. The number of carboxylic acid groups (broad SMARTS) is 1. The summed E-state index contributed by atoms with van der Waals surface area (Å²) in [5.74, 6) is -1.55. The number of hydrogen-bond donors (Lipinski definition) is 4. The van der Waals surface area contributed by atoms with E-state index in [0.717, 1.165) is 6.08 Å². The molecule has 5 rings (SSSR count). The predicted molar refractivity (Wildman–Crippen MR) is 163 cm³/mol. The van der Waals surface area contributed by atoms with E-state index in [9.17, 15) is 27.9 Å². The van der Waals surface area contributed by atoms with Crippen LogP contribution in [0, 0.1) is 5.41 Å². The van der Waals surface area contributed by atoms with Crippen LogP contribution in [-0.2, 0) is 16.1 Å². The average molecular weight is 645 g/mol. The second kappa shape index (κ2) is 12.9. The maximum absolute atomic E-state index is 14.7. The number of alkyl halides is 3. The van der Waals surface area contributed by atoms with Gasteiger partial charge in [-0.1, -0.05) is 42.4 Å². The van der Waals surface area contributed by atoms with E-state index in [4.69, 9.17) is 22.1 Å². The van der Waals surface area contributed by atoms with Gasteiger partial charge in [0, 0.05) is 42.8 Å². The highest BCUT2D eigenvalue weighted by atomic mass is 35.5. The number of nitrogens with two attached hydrogens (primary N) is 1. The number of nitrogens with one attached hydrogen (secondary N) is 2. The van der Waals surface area contributed by atoms with Crippen molar-refractivity contribution in [3.05, 3.63) is 77.3 Å². The zero-order valence-corrected chi connectivity index (χ0v) is 24.9. The van der Waals surface area contributed by atoms with Gasteiger partial charge in [-0.3, -0.25) is 9.59 Å². The topological polar surface area (TPSA) is 143 Å². The first-order chi connectivity index (χ1) is 21.4. The molecule has 10 nitrogen and oxygen atoms in total. The zero-order chi connectivity index (χ0) is 32.4. The summed E-state index contributed by atoms with van der Waals surface area (Å²) in [6.45, 7) is 5.16. The molecule has 1 unspecified atom stereocenters. The number of rotatable bonds is 9. The molecule has 0 radical (unpaired) electrons. The van der Waals surface area contributed by atoms with Gasteiger partial charge in [-0.05, 0) is 65.6 Å². The van der Waals surface area contributed by atoms with Gasteiger partial charge in [-0.2, -0.15) is 23.1 Å². The van der Waals surface area contributed by atoms with E-state index < -0.39 is 24.3 Å². The number of carbonyl (C=O) groups is 2. The number of anilines is 2. The Morgan fingerprint density at radius 3 is 2.64 bits per heavy atom. The van der Waals surface area contributed by atoms with E-state index in [1.807, 2.05) is 4.90 Å². The molecule has 0 aliphatic carbocycles. The second-order valence-corrected chi connectivity index (χ2v) is 11.7. The van der Waals surface area contributed by atoms with E-state index in [0.29, 0.717) is 55.8 Å². The van der Waals surface area contributed by atoms with Crippen LogP contribution < -0.4 is 26.0 Å². The van der Waals surface area contributed by atoms with Crippen LogP contribution in [0.25, 0.3) is 11.1 Å². The Kier molecular flexibility index (Phi) is 9.21. The lowest BCUT2D eigenvalue weighted by atomic mass is 9.76. The normalized spacial score (nSPS) is 18.4. The van der Waals surface area contributed by atoms with E-state index in [1.165, 1.54) is 24.3 Å². The number of nitrogens with zero attached hydrogens (tertiary/aromatic N) is 3. The van der Waals surface area contributed by atoms with Crippen molar-refractivity contribution in [2.75, 3.05) is 30.3 Å². The summed E-state index contributed by atoms with van der Waals surface area (Å²) in [4.78, 5) is 33.1. The number of aliphatic carboxylic acids is 1. The Labute approximate surface area is 262 Å². The van der Waals surface area contributed by atoms with E-state index in [-0.39, 0.29) is 45.8 Å². The minimum absolute atomic E-state index is 0.144. The molecule has 5 N–H and O–H groups in total. The molecule has 2 aliphatic rings. The van der Waals surface area contributed by atoms with E-state index in [1.54, 1.807) is 24.3 Å². The number of halogens is 4. The molecule has 14 heteroatoms. The molecule has 2 aliphatic heterocycles. The third-order valence-electron chi connectivity index (χ3n) is 8.24. The predicted octanol–water partition coefficient (Wildman–Crippen LogP) is 4.90. The number of piperidine rings is 1. The highest BCUT2D eigenvalue weighted by molar-refractivity contribution is 6.30. The lowest BCUT2D eigenvalue weighted by Gasteiger charge is -2.39. The molecule has 0 saturated carbocycles. The standard InChI is InChI=1S/C31H32ClF3N6O4/c1-2-25(42)37-16-18-4-3-5-19(12-18)22-13-20(32)6-7-21(22)27(31(33,34)35)45-26-14-24(39-29(36)40-26)41-10-8-30(9-11-41)15-23(28(43)44)38-17-30/h2-7,12-14,23,27,38H,1,8-11,15-17H2,(H,37,42)(H,43,44)(H2,36,39,40)/t23-,27?/m0/s1. The Morgan fingerprint density at radius 1 is 1.22 bits per heavy atom. The van der Waals surface area contributed by atoms with Gasteiger partial charge in [0.15, 0.2) is 0 Å². The number of benzene rings is 2. The second-order valence-electron chi connectivity index (χ2n) is 11.3. The van der Waals surface area contributed by atoms with Crippen LogP contribution in [-0.4, -0.2) is 58.8 Å². The van der Waals surface area contributed by atoms with Gasteiger partial charge in [0.2, 0.25) is 23.8 Å². The molecule has 2 atom stereocenters. The highest BCUT2D eigenvalue weighted by Crippen LogP contribution is 2.43. The number of carboxylic acids is 1. The maximum Gasteiger partial charge on any atom is 0.429 e. The fourth-order valence-electron chi connectivity index (χ4n) is 5.88. The summed E-state index contributed by atoms with van der Waals surface area (Å²) >= 11 is 6.24. The smallest absolute Gasteiger partial charge is 0.429 e. The van der Waals surface area contributed by atoms with E-state index >= 15 is 0 Å². The molecule has 3 heterocycles. The molecule has 238 valence electrons. The van der Waals surface area contributed by atoms with Crippen LogP contribution >= 0.6 is 11.6 Å². The van der Waals surface area contributed by atoms with Gasteiger partial charge in [0.25, 0.3) is 0 Å². The Morgan fingerprint density at radius 2 is 1.98 bits per heavy atom. The molecule has 1 amide bonds. The molecule has 2 aromatic carbocycles. The van der Waals surface area contributed by atoms with Gasteiger partial charge in [0.1, 0.15) is 11.9 Å². The first kappa shape index (κ1) is 32.0. The first-order valence-corrected chi connectivity index (χ1v) is 14.6. The fourth-order valence-corrected chi connectivity index (χ4v) is 6.05. The Balaban J connectivity index is 1.41. The van der Waals surface area contributed by atoms with Crippen LogP contribution in [0.1, 0.15) is 36.5 Å². The minimum Gasteiger partial charge on any atom is -0.480 e. The first-order valence-electron chi connectivity index (χ1n) is 14.2. The quantitative estimate of drug-likeness (QED) is 0.239. The summed E-state index contributed by atoms with van der Waals surface area (Å²) in [6, 6.07) is 11.5. The molecule has 2 saturated heterocycles. The van der Waals surface area contributed by atoms with Crippen molar-refractivity contribution in [3.63, 3.8) is 0 Å². The number of nitrogen functional groups attached to an aromatic ring is 1.